The predicted octanol–water partition coefficient (Wildman–Crippen LogP) is 6.80. The number of hydrogen-bond donors (Lipinski definition) is 1. The Morgan fingerprint density at radius 1 is 0.979 bits per heavy atom. The molecule has 0 spiro atoms. The van der Waals surface area contributed by atoms with Gasteiger partial charge in [0.25, 0.3) is 12.4 Å². The molecule has 1 amide bonds. The Hall–Kier alpha value is -3.63. The lowest BCUT2D eigenvalue weighted by Crippen LogP contribution is -2.66. The monoisotopic (exact) mass is 715 g/mol. The van der Waals surface area contributed by atoms with Crippen molar-refractivity contribution in [2.75, 3.05) is 19.8 Å². The van der Waals surface area contributed by atoms with Crippen LogP contribution in [0.5, 0.6) is 11.5 Å². The molecular formula is C31H33F8NO7S. The molecule has 1 aliphatic carbocycles. The van der Waals surface area contributed by atoms with Gasteiger partial charge in [0.15, 0.2) is 15.5 Å². The molecule has 3 aliphatic rings. The molecule has 266 valence electrons. The van der Waals surface area contributed by atoms with Crippen LogP contribution in [0.1, 0.15) is 63.0 Å². The van der Waals surface area contributed by atoms with E-state index < -0.39 is 68.1 Å². The second-order valence-electron chi connectivity index (χ2n) is 11.7. The summed E-state index contributed by atoms with van der Waals surface area (Å²) in [6, 6.07) is 4.93. The first-order valence-corrected chi connectivity index (χ1v) is 16.5. The van der Waals surface area contributed by atoms with E-state index in [1.54, 1.807) is 6.92 Å². The van der Waals surface area contributed by atoms with Gasteiger partial charge in [-0.3, -0.25) is 9.59 Å². The lowest BCUT2D eigenvalue weighted by atomic mass is 9.77. The van der Waals surface area contributed by atoms with Gasteiger partial charge in [-0.05, 0) is 75.8 Å². The third kappa shape index (κ3) is 6.06. The molecule has 1 saturated heterocycles. The average molecular weight is 716 g/mol. The fourth-order valence-corrected chi connectivity index (χ4v) is 9.20. The van der Waals surface area contributed by atoms with E-state index in [1.807, 2.05) is 0 Å². The zero-order valence-electron chi connectivity index (χ0n) is 25.5. The number of piperidine rings is 1. The molecule has 2 heterocycles. The third-order valence-corrected chi connectivity index (χ3v) is 11.6. The summed E-state index contributed by atoms with van der Waals surface area (Å²) in [4.78, 5) is 22.9. The Morgan fingerprint density at radius 3 is 2.10 bits per heavy atom. The van der Waals surface area contributed by atoms with Crippen LogP contribution in [-0.4, -0.2) is 74.6 Å². The first kappa shape index (κ1) is 37.2. The second-order valence-corrected chi connectivity index (χ2v) is 13.9. The molecule has 0 bridgehead atoms. The molecule has 2 aromatic rings. The van der Waals surface area contributed by atoms with E-state index >= 15 is 8.78 Å². The molecular weight excluding hydrogens is 682 g/mol. The van der Waals surface area contributed by atoms with E-state index in [1.165, 1.54) is 24.3 Å². The van der Waals surface area contributed by atoms with Gasteiger partial charge in [0, 0.05) is 17.7 Å². The molecule has 1 N–H and O–H groups in total. The smallest absolute Gasteiger partial charge is 0.435 e. The van der Waals surface area contributed by atoms with Gasteiger partial charge in [-0.2, -0.15) is 26.3 Å². The normalized spacial score (nSPS) is 22.6. The fourth-order valence-electron chi connectivity index (χ4n) is 6.86. The summed E-state index contributed by atoms with van der Waals surface area (Å²) in [6.07, 6.45) is -11.6. The highest BCUT2D eigenvalue weighted by Crippen LogP contribution is 2.57. The van der Waals surface area contributed by atoms with E-state index in [-0.39, 0.29) is 67.9 Å². The topological polar surface area (TPSA) is 110 Å². The summed E-state index contributed by atoms with van der Waals surface area (Å²) in [5.41, 5.74) is -10.3. The standard InChI is InChI=1S/C30H31F8NO5S.CH2O2/c1-2-43-20-8-10-21(11-9-20)45(41,42)27-15-6-16-39(25(40)26(31)13-4-3-5-14-26)24(27)18-44-23-17-19(7-12-22(23)27)28(32,29(33,34)35)30(36,37)38;2-1-3/h7-12,17,24H,2-6,13-16,18H2,1H3;1H,(H,2,3). The van der Waals surface area contributed by atoms with Gasteiger partial charge in [-0.1, -0.05) is 18.6 Å². The van der Waals surface area contributed by atoms with Crippen LogP contribution in [0.3, 0.4) is 0 Å². The number of sulfone groups is 1. The fraction of sp³-hybridized carbons (Fsp3) is 0.548. The van der Waals surface area contributed by atoms with Crippen molar-refractivity contribution in [2.45, 2.75) is 91.2 Å². The van der Waals surface area contributed by atoms with Crippen LogP contribution in [0.2, 0.25) is 0 Å². The SMILES string of the molecule is CCOc1ccc(S(=O)(=O)C23CCCN(C(=O)C4(F)CCCCC4)C2COc2cc(C(F)(C(F)(F)F)C(F)(F)F)ccc23)cc1.O=CO. The summed E-state index contributed by atoms with van der Waals surface area (Å²) < 4.78 is 151. The maximum atomic E-state index is 16.0. The molecule has 2 fully saturated rings. The lowest BCUT2D eigenvalue weighted by Gasteiger charge is -2.53. The average Bonchev–Trinajstić information content (AvgIpc) is 3.03. The molecule has 1 saturated carbocycles. The van der Waals surface area contributed by atoms with Crippen molar-refractivity contribution in [3.05, 3.63) is 53.6 Å². The number of amides is 1. The minimum absolute atomic E-state index is 0.00786. The Morgan fingerprint density at radius 2 is 1.56 bits per heavy atom. The number of halogens is 8. The quantitative estimate of drug-likeness (QED) is 0.259. The van der Waals surface area contributed by atoms with Crippen molar-refractivity contribution in [1.29, 1.82) is 0 Å². The highest BCUT2D eigenvalue weighted by molar-refractivity contribution is 7.92. The first-order chi connectivity index (χ1) is 22.4. The number of carbonyl (C=O) groups is 2. The van der Waals surface area contributed by atoms with Gasteiger partial charge in [0.1, 0.15) is 22.9 Å². The van der Waals surface area contributed by atoms with Crippen molar-refractivity contribution in [1.82, 2.24) is 4.90 Å². The van der Waals surface area contributed by atoms with Crippen LogP contribution in [-0.2, 0) is 29.8 Å². The predicted molar refractivity (Wildman–Crippen MR) is 154 cm³/mol. The molecule has 5 rings (SSSR count). The second kappa shape index (κ2) is 13.3. The van der Waals surface area contributed by atoms with Gasteiger partial charge in [0.05, 0.1) is 17.5 Å². The number of rotatable bonds is 6. The largest absolute Gasteiger partial charge is 0.494 e. The minimum atomic E-state index is -6.41. The van der Waals surface area contributed by atoms with E-state index in [9.17, 15) is 39.6 Å². The summed E-state index contributed by atoms with van der Waals surface area (Å²) in [6.45, 7) is 0.982. The Labute approximate surface area is 270 Å². The van der Waals surface area contributed by atoms with Crippen molar-refractivity contribution >= 4 is 22.2 Å². The molecule has 2 aliphatic heterocycles. The molecule has 8 nitrogen and oxygen atoms in total. The van der Waals surface area contributed by atoms with Crippen molar-refractivity contribution in [3.63, 3.8) is 0 Å². The van der Waals surface area contributed by atoms with Gasteiger partial charge >= 0.3 is 18.0 Å². The number of carbonyl (C=O) groups excluding carboxylic acids is 1. The summed E-state index contributed by atoms with van der Waals surface area (Å²) in [5, 5.41) is 6.89. The highest BCUT2D eigenvalue weighted by Gasteiger charge is 2.74. The number of nitrogens with zero attached hydrogens (tertiary/aromatic N) is 1. The number of fused-ring (bicyclic) bond motifs is 3. The molecule has 2 aromatic carbocycles. The van der Waals surface area contributed by atoms with E-state index in [0.29, 0.717) is 31.1 Å². The molecule has 48 heavy (non-hydrogen) atoms. The summed E-state index contributed by atoms with van der Waals surface area (Å²) >= 11 is 0. The van der Waals surface area contributed by atoms with Crippen LogP contribution in [0.15, 0.2) is 47.4 Å². The van der Waals surface area contributed by atoms with Gasteiger partial charge in [0.2, 0.25) is 0 Å². The van der Waals surface area contributed by atoms with Gasteiger partial charge in [-0.15, -0.1) is 0 Å². The van der Waals surface area contributed by atoms with E-state index in [0.717, 1.165) is 4.90 Å². The van der Waals surface area contributed by atoms with E-state index in [2.05, 4.69) is 0 Å². The number of benzene rings is 2. The zero-order valence-corrected chi connectivity index (χ0v) is 26.4. The van der Waals surface area contributed by atoms with Crippen LogP contribution in [0, 0.1) is 0 Å². The number of carboxylic acid groups (broad SMARTS) is 1. The number of hydrogen-bond acceptors (Lipinski definition) is 6. The van der Waals surface area contributed by atoms with Crippen molar-refractivity contribution in [3.8, 4) is 11.5 Å². The molecule has 0 radical (unpaired) electrons. The van der Waals surface area contributed by atoms with Crippen LogP contribution < -0.4 is 9.47 Å². The molecule has 2 atom stereocenters. The van der Waals surface area contributed by atoms with Crippen LogP contribution in [0.4, 0.5) is 35.1 Å². The maximum Gasteiger partial charge on any atom is 0.435 e. The lowest BCUT2D eigenvalue weighted by molar-refractivity contribution is -0.348. The third-order valence-electron chi connectivity index (χ3n) is 9.09. The van der Waals surface area contributed by atoms with Crippen LogP contribution in [0.25, 0.3) is 0 Å². The Balaban J connectivity index is 0.00000167. The number of ether oxygens (including phenoxy) is 2. The maximum absolute atomic E-state index is 16.0. The first-order valence-electron chi connectivity index (χ1n) is 15.0. The van der Waals surface area contributed by atoms with Crippen LogP contribution >= 0.6 is 0 Å². The number of alkyl halides is 8. The molecule has 2 unspecified atom stereocenters. The van der Waals surface area contributed by atoms with E-state index in [4.69, 9.17) is 19.4 Å². The zero-order chi connectivity index (χ0) is 35.8. The Kier molecular flexibility index (Phi) is 10.3. The molecule has 17 heteroatoms. The van der Waals surface area contributed by atoms with Crippen molar-refractivity contribution in [2.24, 2.45) is 0 Å². The van der Waals surface area contributed by atoms with Crippen molar-refractivity contribution < 1.29 is 67.7 Å². The number of likely N-dealkylation sites (tertiary alicyclic amines) is 1. The Bertz CT molecular complexity index is 1580. The minimum Gasteiger partial charge on any atom is -0.494 e. The van der Waals surface area contributed by atoms with Gasteiger partial charge in [-0.25, -0.2) is 17.2 Å². The highest BCUT2D eigenvalue weighted by atomic mass is 32.2. The summed E-state index contributed by atoms with van der Waals surface area (Å²) in [5.74, 6) is -1.33. The van der Waals surface area contributed by atoms with Gasteiger partial charge < -0.3 is 19.5 Å². The molecule has 0 aromatic heterocycles. The summed E-state index contributed by atoms with van der Waals surface area (Å²) in [7, 11) is -4.64.